The Morgan fingerprint density at radius 3 is 2.74 bits per heavy atom. The number of halogens is 3. The molecule has 1 amide bonds. The molecule has 0 aliphatic rings. The van der Waals surface area contributed by atoms with E-state index in [1.807, 2.05) is 0 Å². The maximum Gasteiger partial charge on any atom is 0.408 e. The highest BCUT2D eigenvalue weighted by atomic mass is 19.4. The van der Waals surface area contributed by atoms with Gasteiger partial charge in [-0.05, 0) is 18.2 Å². The molecule has 23 heavy (non-hydrogen) atoms. The number of nitrogens with one attached hydrogen (secondary N) is 1. The van der Waals surface area contributed by atoms with Crippen molar-refractivity contribution in [1.82, 2.24) is 15.0 Å². The van der Waals surface area contributed by atoms with Crippen LogP contribution in [-0.2, 0) is 0 Å². The lowest BCUT2D eigenvalue weighted by Gasteiger charge is -2.04. The third kappa shape index (κ3) is 4.69. The van der Waals surface area contributed by atoms with Gasteiger partial charge in [-0.15, -0.1) is 9.90 Å². The van der Waals surface area contributed by atoms with Crippen LogP contribution in [0.25, 0.3) is 5.69 Å². The van der Waals surface area contributed by atoms with Crippen molar-refractivity contribution in [2.75, 3.05) is 11.9 Å². The first-order valence-corrected chi connectivity index (χ1v) is 6.21. The molecule has 2 aromatic rings. The summed E-state index contributed by atoms with van der Waals surface area (Å²) in [6.07, 6.45) is -3.20. The number of carbonyl (C=O) groups excluding carboxylic acids is 1. The summed E-state index contributed by atoms with van der Waals surface area (Å²) in [7, 11) is 0. The van der Waals surface area contributed by atoms with Crippen molar-refractivity contribution in [3.63, 3.8) is 0 Å². The molecule has 11 heteroatoms. The lowest BCUT2D eigenvalue weighted by atomic mass is 10.2. The van der Waals surface area contributed by atoms with Crippen molar-refractivity contribution in [3.8, 4) is 5.69 Å². The summed E-state index contributed by atoms with van der Waals surface area (Å²) in [5.74, 6) is -0.959. The average Bonchev–Trinajstić information content (AvgIpc) is 2.93. The van der Waals surface area contributed by atoms with Crippen LogP contribution in [0.15, 0.2) is 35.5 Å². The van der Waals surface area contributed by atoms with Gasteiger partial charge >= 0.3 is 6.18 Å². The number of hydrogen-bond donors (Lipinski definition) is 3. The molecule has 0 saturated carbocycles. The molecule has 0 unspecified atom stereocenters. The number of nitrogens with two attached hydrogens (primary N) is 2. The number of nitrogens with zero attached hydrogens (tertiary/aromatic N) is 4. The minimum Gasteiger partial charge on any atom is -0.370 e. The molecule has 0 aliphatic heterocycles. The summed E-state index contributed by atoms with van der Waals surface area (Å²) in [5.41, 5.74) is 11.2. The predicted octanol–water partition coefficient (Wildman–Crippen LogP) is 0.655. The number of rotatable bonds is 4. The zero-order valence-electron chi connectivity index (χ0n) is 11.6. The Hall–Kier alpha value is -3.11. The van der Waals surface area contributed by atoms with E-state index in [4.69, 9.17) is 11.5 Å². The molecule has 122 valence electrons. The number of anilines is 1. The third-order valence-electron chi connectivity index (χ3n) is 2.54. The highest BCUT2D eigenvalue weighted by molar-refractivity contribution is 5.93. The molecule has 0 radical (unpaired) electrons. The van der Waals surface area contributed by atoms with E-state index in [1.165, 1.54) is 18.3 Å². The zero-order chi connectivity index (χ0) is 17.0. The van der Waals surface area contributed by atoms with E-state index < -0.39 is 24.6 Å². The predicted molar refractivity (Wildman–Crippen MR) is 76.0 cm³/mol. The van der Waals surface area contributed by atoms with Crippen LogP contribution in [0, 0.1) is 0 Å². The fourth-order valence-electron chi connectivity index (χ4n) is 1.57. The van der Waals surface area contributed by atoms with Crippen LogP contribution in [0.3, 0.4) is 0 Å². The summed E-state index contributed by atoms with van der Waals surface area (Å²) in [4.78, 5) is 15.4. The number of aliphatic imine (C=N–C) groups is 1. The van der Waals surface area contributed by atoms with Crippen LogP contribution in [-0.4, -0.2) is 39.6 Å². The van der Waals surface area contributed by atoms with E-state index in [2.05, 4.69) is 20.5 Å². The Balaban J connectivity index is 2.12. The van der Waals surface area contributed by atoms with Gasteiger partial charge in [0, 0.05) is 5.56 Å². The van der Waals surface area contributed by atoms with Crippen molar-refractivity contribution < 1.29 is 18.0 Å². The van der Waals surface area contributed by atoms with E-state index in [-0.39, 0.29) is 11.4 Å². The van der Waals surface area contributed by atoms with Gasteiger partial charge < -0.3 is 16.8 Å². The third-order valence-corrected chi connectivity index (χ3v) is 2.54. The number of guanidine groups is 1. The summed E-state index contributed by atoms with van der Waals surface area (Å²) in [6.45, 7) is -1.40. The smallest absolute Gasteiger partial charge is 0.370 e. The summed E-state index contributed by atoms with van der Waals surface area (Å²) in [6, 6.07) is 6.20. The number of hydrogen-bond acceptors (Lipinski definition) is 4. The van der Waals surface area contributed by atoms with Gasteiger partial charge in [-0.2, -0.15) is 18.3 Å². The highest BCUT2D eigenvalue weighted by Gasteiger charge is 2.26. The number of carbonyl (C=O) groups is 1. The SMILES string of the molecule is NC(=O)c1cccc(-n2ncc(NC(N)=NCC(F)(F)F)n2)c1. The molecule has 8 nitrogen and oxygen atoms in total. The summed E-state index contributed by atoms with van der Waals surface area (Å²) in [5, 5.41) is 10.3. The van der Waals surface area contributed by atoms with E-state index >= 15 is 0 Å². The average molecular weight is 327 g/mol. The zero-order valence-corrected chi connectivity index (χ0v) is 11.6. The van der Waals surface area contributed by atoms with Crippen LogP contribution >= 0.6 is 0 Å². The molecule has 0 bridgehead atoms. The normalized spacial score (nSPS) is 12.2. The molecular formula is C12H12F3N7O. The van der Waals surface area contributed by atoms with Crippen LogP contribution in [0.2, 0.25) is 0 Å². The first kappa shape index (κ1) is 16.3. The van der Waals surface area contributed by atoms with Crippen molar-refractivity contribution in [2.24, 2.45) is 16.5 Å². The van der Waals surface area contributed by atoms with E-state index in [1.54, 1.807) is 12.1 Å². The van der Waals surface area contributed by atoms with Gasteiger partial charge in [0.05, 0.1) is 11.9 Å². The molecule has 2 rings (SSSR count). The molecule has 1 aromatic carbocycles. The second kappa shape index (κ2) is 6.34. The van der Waals surface area contributed by atoms with Crippen LogP contribution in [0.1, 0.15) is 10.4 Å². The molecule has 1 heterocycles. The molecule has 0 atom stereocenters. The standard InChI is InChI=1S/C12H12F3N7O/c13-12(14,15)6-18-11(17)20-9-5-19-22(21-9)8-3-1-2-7(4-8)10(16)23/h1-5H,6H2,(H2,16,23)(H3,17,18,20,21). The Labute approximate surface area is 128 Å². The molecular weight excluding hydrogens is 315 g/mol. The molecule has 0 saturated heterocycles. The second-order valence-electron chi connectivity index (χ2n) is 4.38. The maximum atomic E-state index is 12.0. The number of amides is 1. The Morgan fingerprint density at radius 1 is 1.35 bits per heavy atom. The van der Waals surface area contributed by atoms with Gasteiger partial charge in [0.15, 0.2) is 11.8 Å². The quantitative estimate of drug-likeness (QED) is 0.562. The minimum atomic E-state index is -4.45. The Bertz CT molecular complexity index is 738. The van der Waals surface area contributed by atoms with Gasteiger partial charge in [-0.25, -0.2) is 4.99 Å². The van der Waals surface area contributed by atoms with Crippen molar-refractivity contribution in [1.29, 1.82) is 0 Å². The minimum absolute atomic E-state index is 0.0953. The fraction of sp³-hybridized carbons (Fsp3) is 0.167. The van der Waals surface area contributed by atoms with Gasteiger partial charge in [0.1, 0.15) is 6.54 Å². The second-order valence-corrected chi connectivity index (χ2v) is 4.38. The molecule has 0 spiro atoms. The summed E-state index contributed by atoms with van der Waals surface area (Å²) < 4.78 is 36.1. The first-order valence-electron chi connectivity index (χ1n) is 6.21. The molecule has 0 aliphatic carbocycles. The van der Waals surface area contributed by atoms with Crippen LogP contribution < -0.4 is 16.8 Å². The largest absolute Gasteiger partial charge is 0.408 e. The van der Waals surface area contributed by atoms with Gasteiger partial charge in [-0.3, -0.25) is 4.79 Å². The van der Waals surface area contributed by atoms with E-state index in [0.29, 0.717) is 5.69 Å². The highest BCUT2D eigenvalue weighted by Crippen LogP contribution is 2.14. The number of aromatic nitrogens is 3. The van der Waals surface area contributed by atoms with Gasteiger partial charge in [0.2, 0.25) is 5.91 Å². The monoisotopic (exact) mass is 327 g/mol. The lowest BCUT2D eigenvalue weighted by Crippen LogP contribution is -2.25. The fourth-order valence-corrected chi connectivity index (χ4v) is 1.57. The Kier molecular flexibility index (Phi) is 4.48. The summed E-state index contributed by atoms with van der Waals surface area (Å²) >= 11 is 0. The Morgan fingerprint density at radius 2 is 2.09 bits per heavy atom. The first-order chi connectivity index (χ1) is 10.7. The van der Waals surface area contributed by atoms with Crippen molar-refractivity contribution in [3.05, 3.63) is 36.0 Å². The van der Waals surface area contributed by atoms with Crippen LogP contribution in [0.4, 0.5) is 19.0 Å². The van der Waals surface area contributed by atoms with Gasteiger partial charge in [0.25, 0.3) is 0 Å². The molecule has 0 fully saturated rings. The topological polar surface area (TPSA) is 124 Å². The van der Waals surface area contributed by atoms with Crippen molar-refractivity contribution >= 4 is 17.7 Å². The lowest BCUT2D eigenvalue weighted by molar-refractivity contribution is -0.118. The number of alkyl halides is 3. The van der Waals surface area contributed by atoms with E-state index in [0.717, 1.165) is 4.80 Å². The number of primary amides is 1. The van der Waals surface area contributed by atoms with Gasteiger partial charge in [-0.1, -0.05) is 6.07 Å². The van der Waals surface area contributed by atoms with Crippen molar-refractivity contribution in [2.45, 2.75) is 6.18 Å². The van der Waals surface area contributed by atoms with E-state index in [9.17, 15) is 18.0 Å². The number of benzene rings is 1. The molecule has 1 aromatic heterocycles. The van der Waals surface area contributed by atoms with Crippen LogP contribution in [0.5, 0.6) is 0 Å². The maximum absolute atomic E-state index is 12.0. The molecule has 5 N–H and O–H groups in total.